The van der Waals surface area contributed by atoms with E-state index in [9.17, 15) is 0 Å². The summed E-state index contributed by atoms with van der Waals surface area (Å²) in [6, 6.07) is 0. The van der Waals surface area contributed by atoms with Crippen molar-refractivity contribution in [3.63, 3.8) is 0 Å². The zero-order chi connectivity index (χ0) is 24.4. The van der Waals surface area contributed by atoms with Crippen LogP contribution in [0.4, 0.5) is 0 Å². The van der Waals surface area contributed by atoms with E-state index in [1.807, 2.05) is 13.8 Å². The van der Waals surface area contributed by atoms with Gasteiger partial charge in [-0.05, 0) is 13.8 Å². The summed E-state index contributed by atoms with van der Waals surface area (Å²) in [4.78, 5) is 0. The van der Waals surface area contributed by atoms with Gasteiger partial charge in [0.15, 0.2) is 0 Å². The molecule has 0 saturated carbocycles. The van der Waals surface area contributed by atoms with Crippen molar-refractivity contribution in [3.8, 4) is 0 Å². The molecule has 0 spiro atoms. The van der Waals surface area contributed by atoms with Gasteiger partial charge in [-0.2, -0.15) is 0 Å². The Hall–Kier alpha value is -0.400. The first-order valence-electron chi connectivity index (χ1n) is 12.9. The van der Waals surface area contributed by atoms with Gasteiger partial charge in [0, 0.05) is 13.2 Å². The van der Waals surface area contributed by atoms with Crippen LogP contribution in [-0.4, -0.2) is 150 Å². The molecule has 1 aliphatic rings. The van der Waals surface area contributed by atoms with Gasteiger partial charge in [-0.1, -0.05) is 0 Å². The lowest BCUT2D eigenvalue weighted by molar-refractivity contribution is -0.929. The third-order valence-electron chi connectivity index (χ3n) is 5.48. The number of nitrogens with zero attached hydrogens (tertiary/aromatic N) is 1. The van der Waals surface area contributed by atoms with Crippen LogP contribution < -0.4 is 0 Å². The van der Waals surface area contributed by atoms with Crippen molar-refractivity contribution in [1.82, 2.24) is 0 Å². The maximum atomic E-state index is 5.89. The minimum absolute atomic E-state index is 0.560. The summed E-state index contributed by atoms with van der Waals surface area (Å²) in [6.45, 7) is 18.3. The van der Waals surface area contributed by atoms with Crippen LogP contribution in [0, 0.1) is 0 Å². The second kappa shape index (κ2) is 24.3. The van der Waals surface area contributed by atoms with E-state index in [0.717, 1.165) is 30.7 Å². The van der Waals surface area contributed by atoms with Crippen molar-refractivity contribution in [2.75, 3.05) is 145 Å². The van der Waals surface area contributed by atoms with Gasteiger partial charge < -0.3 is 47.1 Å². The molecule has 0 aromatic heterocycles. The lowest BCUT2D eigenvalue weighted by Gasteiger charge is -2.38. The van der Waals surface area contributed by atoms with Crippen molar-refractivity contribution < 1.29 is 47.1 Å². The van der Waals surface area contributed by atoms with Crippen LogP contribution >= 0.6 is 0 Å². The molecule has 1 heterocycles. The minimum Gasteiger partial charge on any atom is -0.379 e. The average Bonchev–Trinajstić information content (AvgIpc) is 2.84. The van der Waals surface area contributed by atoms with E-state index in [2.05, 4.69) is 0 Å². The molecule has 10 nitrogen and oxygen atoms in total. The summed E-state index contributed by atoms with van der Waals surface area (Å²) in [6.07, 6.45) is 0. The standard InChI is InChI=1S/C24H50NO9/c1-3-26-13-15-28-9-5-25(6-10-29-16-14-27-4-2)7-11-30-17-19-32-21-23-34-24-22-33-20-18-31-12-8-25/h3-24H2,1-2H3/q+1. The summed E-state index contributed by atoms with van der Waals surface area (Å²) in [7, 11) is 0. The number of quaternary nitrogens is 1. The molecule has 10 heteroatoms. The molecule has 1 fully saturated rings. The van der Waals surface area contributed by atoms with Crippen molar-refractivity contribution in [1.29, 1.82) is 0 Å². The molecule has 1 saturated heterocycles. The molecule has 0 bridgehead atoms. The highest BCUT2D eigenvalue weighted by Gasteiger charge is 2.27. The van der Waals surface area contributed by atoms with Crippen LogP contribution in [0.25, 0.3) is 0 Å². The van der Waals surface area contributed by atoms with Crippen LogP contribution in [0.15, 0.2) is 0 Å². The average molecular weight is 497 g/mol. The highest BCUT2D eigenvalue weighted by molar-refractivity contribution is 4.49. The number of hydrogen-bond donors (Lipinski definition) is 0. The first-order valence-corrected chi connectivity index (χ1v) is 12.9. The van der Waals surface area contributed by atoms with E-state index in [4.69, 9.17) is 42.6 Å². The van der Waals surface area contributed by atoms with E-state index in [0.29, 0.717) is 119 Å². The molecular formula is C24H50NO9+. The Morgan fingerprint density at radius 1 is 0.441 bits per heavy atom. The van der Waals surface area contributed by atoms with Crippen molar-refractivity contribution in [3.05, 3.63) is 0 Å². The van der Waals surface area contributed by atoms with Gasteiger partial charge in [-0.25, -0.2) is 0 Å². The zero-order valence-electron chi connectivity index (χ0n) is 21.7. The molecule has 0 atom stereocenters. The second-order valence-corrected chi connectivity index (χ2v) is 7.92. The van der Waals surface area contributed by atoms with Crippen molar-refractivity contribution >= 4 is 0 Å². The highest BCUT2D eigenvalue weighted by Crippen LogP contribution is 2.08. The molecule has 0 radical (unpaired) electrons. The van der Waals surface area contributed by atoms with Crippen molar-refractivity contribution in [2.45, 2.75) is 13.8 Å². The normalized spacial score (nSPS) is 19.9. The zero-order valence-corrected chi connectivity index (χ0v) is 21.7. The Bertz CT molecular complexity index is 382. The SMILES string of the molecule is CCOCCOCC[N+]1(CCOCCOCC)CCOCCOCCOCCOCCOCC1. The molecule has 204 valence electrons. The second-order valence-electron chi connectivity index (χ2n) is 7.92. The monoisotopic (exact) mass is 496 g/mol. The van der Waals surface area contributed by atoms with Crippen LogP contribution in [0.2, 0.25) is 0 Å². The maximum absolute atomic E-state index is 5.89. The van der Waals surface area contributed by atoms with Gasteiger partial charge in [0.05, 0.1) is 106 Å². The quantitative estimate of drug-likeness (QED) is 0.258. The van der Waals surface area contributed by atoms with Gasteiger partial charge in [0.25, 0.3) is 0 Å². The third-order valence-corrected chi connectivity index (χ3v) is 5.48. The fourth-order valence-electron chi connectivity index (χ4n) is 3.41. The van der Waals surface area contributed by atoms with Crippen LogP contribution in [0.5, 0.6) is 0 Å². The summed E-state index contributed by atoms with van der Waals surface area (Å²) < 4.78 is 51.7. The number of hydrogen-bond acceptors (Lipinski definition) is 9. The van der Waals surface area contributed by atoms with Gasteiger partial charge in [-0.15, -0.1) is 0 Å². The van der Waals surface area contributed by atoms with Gasteiger partial charge in [0.2, 0.25) is 0 Å². The predicted molar refractivity (Wildman–Crippen MR) is 128 cm³/mol. The molecule has 0 amide bonds. The third kappa shape index (κ3) is 18.9. The first-order chi connectivity index (χ1) is 16.8. The van der Waals surface area contributed by atoms with Crippen LogP contribution in [-0.2, 0) is 42.6 Å². The Labute approximate surface area is 206 Å². The topological polar surface area (TPSA) is 83.1 Å². The molecule has 1 aliphatic heterocycles. The Morgan fingerprint density at radius 3 is 1.12 bits per heavy atom. The van der Waals surface area contributed by atoms with Crippen LogP contribution in [0.1, 0.15) is 13.8 Å². The summed E-state index contributed by atoms with van der Waals surface area (Å²) in [5.41, 5.74) is 0. The lowest BCUT2D eigenvalue weighted by Crippen LogP contribution is -2.55. The lowest BCUT2D eigenvalue weighted by atomic mass is 10.3. The fourth-order valence-corrected chi connectivity index (χ4v) is 3.41. The van der Waals surface area contributed by atoms with E-state index in [1.54, 1.807) is 0 Å². The summed E-state index contributed by atoms with van der Waals surface area (Å²) in [5.74, 6) is 0. The van der Waals surface area contributed by atoms with Gasteiger partial charge >= 0.3 is 0 Å². The molecule has 0 aromatic rings. The van der Waals surface area contributed by atoms with E-state index >= 15 is 0 Å². The molecule has 1 rings (SSSR count). The molecule has 0 aromatic carbocycles. The number of rotatable bonds is 14. The van der Waals surface area contributed by atoms with E-state index < -0.39 is 0 Å². The molecule has 34 heavy (non-hydrogen) atoms. The van der Waals surface area contributed by atoms with Crippen molar-refractivity contribution in [2.24, 2.45) is 0 Å². The smallest absolute Gasteiger partial charge is 0.103 e. The molecule has 0 aliphatic carbocycles. The first kappa shape index (κ1) is 31.6. The van der Waals surface area contributed by atoms with E-state index in [1.165, 1.54) is 0 Å². The van der Waals surface area contributed by atoms with Gasteiger partial charge in [0.1, 0.15) is 26.2 Å². The Kier molecular flexibility index (Phi) is 22.6. The fraction of sp³-hybridized carbons (Fsp3) is 1.00. The van der Waals surface area contributed by atoms with E-state index in [-0.39, 0.29) is 0 Å². The molecular weight excluding hydrogens is 446 g/mol. The van der Waals surface area contributed by atoms with Gasteiger partial charge in [-0.3, -0.25) is 0 Å². The Balaban J connectivity index is 2.60. The molecule has 0 N–H and O–H groups in total. The highest BCUT2D eigenvalue weighted by atomic mass is 16.6. The summed E-state index contributed by atoms with van der Waals surface area (Å²) in [5, 5.41) is 0. The maximum Gasteiger partial charge on any atom is 0.103 e. The minimum atomic E-state index is 0.560. The predicted octanol–water partition coefficient (Wildman–Crippen LogP) is 1.01. The Morgan fingerprint density at radius 2 is 0.765 bits per heavy atom. The largest absolute Gasteiger partial charge is 0.379 e. The molecule has 0 unspecified atom stereocenters. The van der Waals surface area contributed by atoms with Crippen LogP contribution in [0.3, 0.4) is 0 Å². The summed E-state index contributed by atoms with van der Waals surface area (Å²) >= 11 is 0. The number of ether oxygens (including phenoxy) is 9.